The third-order valence-corrected chi connectivity index (χ3v) is 5.58. The van der Waals surface area contributed by atoms with Gasteiger partial charge in [0.1, 0.15) is 11.5 Å². The van der Waals surface area contributed by atoms with Gasteiger partial charge in [0.2, 0.25) is 10.0 Å². The summed E-state index contributed by atoms with van der Waals surface area (Å²) in [5.41, 5.74) is 1.04. The average Bonchev–Trinajstić information content (AvgIpc) is 3.11. The first kappa shape index (κ1) is 24.3. The zero-order valence-corrected chi connectivity index (χ0v) is 17.3. The summed E-state index contributed by atoms with van der Waals surface area (Å²) in [6.07, 6.45) is -0.569. The molecule has 3 rings (SSSR count). The summed E-state index contributed by atoms with van der Waals surface area (Å²) in [5.74, 6) is -2.48. The van der Waals surface area contributed by atoms with Gasteiger partial charge < -0.3 is 15.0 Å². The van der Waals surface area contributed by atoms with Gasteiger partial charge in [-0.1, -0.05) is 6.07 Å². The van der Waals surface area contributed by atoms with Crippen LogP contribution in [0.15, 0.2) is 30.6 Å². The van der Waals surface area contributed by atoms with Crippen LogP contribution in [0.4, 0.5) is 13.2 Å². The SMILES string of the molecule is CC1c2nc(C(=O)NCc3ccccn3)cn2CCN1S(C)(=O)=O.O=C(O)C(F)(F)F. The van der Waals surface area contributed by atoms with Crippen LogP contribution in [0.2, 0.25) is 0 Å². The molecule has 1 aliphatic rings. The lowest BCUT2D eigenvalue weighted by Crippen LogP contribution is -2.40. The minimum absolute atomic E-state index is 0.281. The van der Waals surface area contributed by atoms with Gasteiger partial charge >= 0.3 is 12.1 Å². The highest BCUT2D eigenvalue weighted by atomic mass is 32.2. The maximum atomic E-state index is 12.3. The number of nitrogens with zero attached hydrogens (tertiary/aromatic N) is 4. The fraction of sp³-hybridized carbons (Fsp3) is 0.412. The van der Waals surface area contributed by atoms with Crippen molar-refractivity contribution in [2.24, 2.45) is 0 Å². The molecule has 2 N–H and O–H groups in total. The van der Waals surface area contributed by atoms with E-state index in [1.807, 2.05) is 22.8 Å². The summed E-state index contributed by atoms with van der Waals surface area (Å²) >= 11 is 0. The van der Waals surface area contributed by atoms with E-state index in [0.29, 0.717) is 25.5 Å². The highest BCUT2D eigenvalue weighted by Gasteiger charge is 2.38. The van der Waals surface area contributed by atoms with E-state index in [1.54, 1.807) is 19.3 Å². The van der Waals surface area contributed by atoms with E-state index in [0.717, 1.165) is 5.69 Å². The van der Waals surface area contributed by atoms with Gasteiger partial charge in [-0.05, 0) is 19.1 Å². The summed E-state index contributed by atoms with van der Waals surface area (Å²) in [6.45, 7) is 2.94. The molecule has 31 heavy (non-hydrogen) atoms. The van der Waals surface area contributed by atoms with Crippen LogP contribution in [-0.4, -0.2) is 63.2 Å². The number of pyridine rings is 1. The van der Waals surface area contributed by atoms with Crippen molar-refractivity contribution >= 4 is 21.9 Å². The Bertz CT molecular complexity index is 1040. The molecule has 2 aromatic rings. The molecule has 0 bridgehead atoms. The van der Waals surface area contributed by atoms with Gasteiger partial charge in [-0.25, -0.2) is 18.2 Å². The molecule has 0 aromatic carbocycles. The van der Waals surface area contributed by atoms with E-state index >= 15 is 0 Å². The standard InChI is InChI=1S/C15H19N5O3S.C2HF3O2/c1-11-14-18-13(10-19(14)7-8-20(11)24(2,22)23)15(21)17-9-12-5-3-4-6-16-12;3-2(4,5)1(6)7/h3-6,10-11H,7-9H2,1-2H3,(H,17,21);(H,6,7). The topological polar surface area (TPSA) is 134 Å². The molecule has 0 saturated carbocycles. The van der Waals surface area contributed by atoms with Crippen LogP contribution in [0.5, 0.6) is 0 Å². The normalized spacial score (nSPS) is 16.6. The smallest absolute Gasteiger partial charge is 0.475 e. The first-order chi connectivity index (χ1) is 14.3. The van der Waals surface area contributed by atoms with Crippen molar-refractivity contribution in [3.63, 3.8) is 0 Å². The summed E-state index contributed by atoms with van der Waals surface area (Å²) in [6, 6.07) is 5.09. The second-order valence-corrected chi connectivity index (χ2v) is 8.47. The Labute approximate surface area is 175 Å². The Hall–Kier alpha value is -3.00. The van der Waals surface area contributed by atoms with E-state index < -0.39 is 28.2 Å². The highest BCUT2D eigenvalue weighted by molar-refractivity contribution is 7.88. The van der Waals surface area contributed by atoms with Crippen LogP contribution in [-0.2, 0) is 27.9 Å². The van der Waals surface area contributed by atoms with Crippen LogP contribution in [0.1, 0.15) is 35.0 Å². The first-order valence-corrected chi connectivity index (χ1v) is 10.7. The highest BCUT2D eigenvalue weighted by Crippen LogP contribution is 2.26. The third kappa shape index (κ3) is 6.49. The quantitative estimate of drug-likeness (QED) is 0.695. The molecule has 2 aromatic heterocycles. The number of carbonyl (C=O) groups is 2. The van der Waals surface area contributed by atoms with E-state index in [1.165, 1.54) is 10.6 Å². The number of halogens is 3. The number of hydrogen-bond donors (Lipinski definition) is 2. The van der Waals surface area contributed by atoms with Crippen LogP contribution >= 0.6 is 0 Å². The molecule has 3 heterocycles. The number of hydrogen-bond acceptors (Lipinski definition) is 6. The zero-order valence-electron chi connectivity index (χ0n) is 16.5. The largest absolute Gasteiger partial charge is 0.490 e. The van der Waals surface area contributed by atoms with Crippen LogP contribution in [0.25, 0.3) is 0 Å². The van der Waals surface area contributed by atoms with Gasteiger partial charge in [-0.15, -0.1) is 0 Å². The number of fused-ring (bicyclic) bond motifs is 1. The number of carboxylic acid groups (broad SMARTS) is 1. The molecule has 1 unspecified atom stereocenters. The molecule has 10 nitrogen and oxygen atoms in total. The van der Waals surface area contributed by atoms with Gasteiger partial charge in [0, 0.05) is 25.5 Å². The van der Waals surface area contributed by atoms with Gasteiger partial charge in [0.05, 0.1) is 24.5 Å². The maximum absolute atomic E-state index is 12.3. The maximum Gasteiger partial charge on any atom is 0.490 e. The Kier molecular flexibility index (Phi) is 7.38. The number of rotatable bonds is 4. The van der Waals surface area contributed by atoms with Crippen LogP contribution in [0, 0.1) is 0 Å². The summed E-state index contributed by atoms with van der Waals surface area (Å²) in [5, 5.41) is 9.90. The van der Waals surface area contributed by atoms with Crippen molar-refractivity contribution in [3.8, 4) is 0 Å². The molecule has 170 valence electrons. The fourth-order valence-corrected chi connectivity index (χ4v) is 3.88. The second kappa shape index (κ2) is 9.43. The number of sulfonamides is 1. The molecule has 0 aliphatic carbocycles. The number of amides is 1. The van der Waals surface area contributed by atoms with Crippen molar-refractivity contribution in [2.75, 3.05) is 12.8 Å². The molecule has 0 fully saturated rings. The molecule has 1 aliphatic heterocycles. The van der Waals surface area contributed by atoms with E-state index in [4.69, 9.17) is 9.90 Å². The number of carbonyl (C=O) groups excluding carboxylic acids is 1. The van der Waals surface area contributed by atoms with Crippen molar-refractivity contribution < 1.29 is 36.3 Å². The second-order valence-electron chi connectivity index (χ2n) is 6.53. The van der Waals surface area contributed by atoms with E-state index in [2.05, 4.69) is 15.3 Å². The molecule has 0 spiro atoms. The lowest BCUT2D eigenvalue weighted by molar-refractivity contribution is -0.192. The predicted octanol–water partition coefficient (Wildman–Crippen LogP) is 1.18. The predicted molar refractivity (Wildman–Crippen MR) is 101 cm³/mol. The van der Waals surface area contributed by atoms with Crippen LogP contribution in [0.3, 0.4) is 0 Å². The number of aliphatic carboxylic acids is 1. The minimum atomic E-state index is -5.08. The lowest BCUT2D eigenvalue weighted by Gasteiger charge is -2.31. The third-order valence-electron chi connectivity index (χ3n) is 4.23. The van der Waals surface area contributed by atoms with Crippen molar-refractivity contribution in [2.45, 2.75) is 32.2 Å². The molecule has 0 radical (unpaired) electrons. The number of nitrogens with one attached hydrogen (secondary N) is 1. The fourth-order valence-electron chi connectivity index (χ4n) is 2.80. The van der Waals surface area contributed by atoms with E-state index in [9.17, 15) is 26.4 Å². The van der Waals surface area contributed by atoms with Gasteiger partial charge in [-0.3, -0.25) is 9.78 Å². The Morgan fingerprint density at radius 1 is 1.29 bits per heavy atom. The minimum Gasteiger partial charge on any atom is -0.475 e. The average molecular weight is 463 g/mol. The molecular formula is C17H20F3N5O5S. The Morgan fingerprint density at radius 3 is 2.45 bits per heavy atom. The molecule has 1 atom stereocenters. The summed E-state index contributed by atoms with van der Waals surface area (Å²) in [7, 11) is -3.30. The summed E-state index contributed by atoms with van der Waals surface area (Å²) < 4.78 is 58.6. The number of carboxylic acids is 1. The molecule has 1 amide bonds. The van der Waals surface area contributed by atoms with Crippen molar-refractivity contribution in [1.29, 1.82) is 0 Å². The molecule has 0 saturated heterocycles. The Balaban J connectivity index is 0.000000423. The van der Waals surface area contributed by atoms with Gasteiger partial charge in [-0.2, -0.15) is 17.5 Å². The van der Waals surface area contributed by atoms with Crippen LogP contribution < -0.4 is 5.32 Å². The lowest BCUT2D eigenvalue weighted by atomic mass is 10.2. The number of aromatic nitrogens is 3. The monoisotopic (exact) mass is 463 g/mol. The van der Waals surface area contributed by atoms with Crippen molar-refractivity contribution in [3.05, 3.63) is 47.8 Å². The first-order valence-electron chi connectivity index (χ1n) is 8.82. The number of imidazole rings is 1. The number of alkyl halides is 3. The van der Waals surface area contributed by atoms with Gasteiger partial charge in [0.25, 0.3) is 5.91 Å². The van der Waals surface area contributed by atoms with Gasteiger partial charge in [0.15, 0.2) is 0 Å². The summed E-state index contributed by atoms with van der Waals surface area (Å²) in [4.78, 5) is 29.6. The molecular weight excluding hydrogens is 443 g/mol. The van der Waals surface area contributed by atoms with E-state index in [-0.39, 0.29) is 11.6 Å². The zero-order chi connectivity index (χ0) is 23.4. The van der Waals surface area contributed by atoms with Crippen molar-refractivity contribution in [1.82, 2.24) is 24.2 Å². The Morgan fingerprint density at radius 2 is 1.94 bits per heavy atom. The molecule has 14 heteroatoms.